The topological polar surface area (TPSA) is 69.5 Å². The Hall–Kier alpha value is -3.19. The third-order valence-corrected chi connectivity index (χ3v) is 5.10. The normalized spacial score (nSPS) is 16.2. The number of nitrogens with zero attached hydrogens (tertiary/aromatic N) is 4. The Morgan fingerprint density at radius 1 is 1.14 bits per heavy atom. The Labute approximate surface area is 169 Å². The van der Waals surface area contributed by atoms with Gasteiger partial charge in [-0.05, 0) is 41.8 Å². The summed E-state index contributed by atoms with van der Waals surface area (Å²) in [4.78, 5) is 13.8. The van der Waals surface area contributed by atoms with Crippen molar-refractivity contribution in [3.8, 4) is 0 Å². The zero-order valence-corrected chi connectivity index (χ0v) is 16.6. The number of rotatable bonds is 6. The molecule has 1 aromatic heterocycles. The van der Waals surface area contributed by atoms with Gasteiger partial charge in [-0.3, -0.25) is 0 Å². The molecule has 1 aliphatic heterocycles. The van der Waals surface area contributed by atoms with Gasteiger partial charge in [-0.1, -0.05) is 36.4 Å². The van der Waals surface area contributed by atoms with Crippen LogP contribution in [0.15, 0.2) is 54.7 Å². The van der Waals surface area contributed by atoms with Gasteiger partial charge < -0.3 is 14.4 Å². The van der Waals surface area contributed by atoms with E-state index in [1.165, 1.54) is 12.7 Å². The standard InChI is InChI=1S/C22H24N4O3/c1-3-16-6-10-19(11-7-16)26-12-13-29-21(26)20-15-25(24-23-20)14-17-4-8-18(9-5-17)22(27)28-2/h4-11,15,21H,3,12-14H2,1-2H3/t21-/m1/s1. The lowest BCUT2D eigenvalue weighted by Crippen LogP contribution is -2.23. The summed E-state index contributed by atoms with van der Waals surface area (Å²) >= 11 is 0. The van der Waals surface area contributed by atoms with E-state index in [9.17, 15) is 4.79 Å². The van der Waals surface area contributed by atoms with E-state index in [-0.39, 0.29) is 12.2 Å². The summed E-state index contributed by atoms with van der Waals surface area (Å²) in [6.45, 7) is 4.19. The summed E-state index contributed by atoms with van der Waals surface area (Å²) in [6, 6.07) is 15.9. The summed E-state index contributed by atoms with van der Waals surface area (Å²) in [5, 5.41) is 8.59. The molecular weight excluding hydrogens is 368 g/mol. The second-order valence-corrected chi connectivity index (χ2v) is 6.97. The van der Waals surface area contributed by atoms with E-state index in [4.69, 9.17) is 9.47 Å². The van der Waals surface area contributed by atoms with E-state index >= 15 is 0 Å². The van der Waals surface area contributed by atoms with E-state index in [2.05, 4.69) is 46.4 Å². The SMILES string of the molecule is CCc1ccc(N2CCO[C@@H]2c2cn(Cc3ccc(C(=O)OC)cc3)nn2)cc1. The molecule has 1 atom stereocenters. The number of aromatic nitrogens is 3. The van der Waals surface area contributed by atoms with Crippen LogP contribution >= 0.6 is 0 Å². The number of carbonyl (C=O) groups is 1. The van der Waals surface area contributed by atoms with Crippen molar-refractivity contribution < 1.29 is 14.3 Å². The summed E-state index contributed by atoms with van der Waals surface area (Å²) in [5.74, 6) is -0.343. The molecule has 0 unspecified atom stereocenters. The van der Waals surface area contributed by atoms with Gasteiger partial charge in [0, 0.05) is 12.2 Å². The van der Waals surface area contributed by atoms with E-state index in [0.717, 1.165) is 29.9 Å². The smallest absolute Gasteiger partial charge is 0.337 e. The quantitative estimate of drug-likeness (QED) is 0.600. The van der Waals surface area contributed by atoms with Crippen molar-refractivity contribution in [3.05, 3.63) is 77.1 Å². The molecule has 0 amide bonds. The molecule has 1 saturated heterocycles. The molecule has 1 fully saturated rings. The average molecular weight is 392 g/mol. The summed E-state index contributed by atoms with van der Waals surface area (Å²) in [5.41, 5.74) is 4.77. The van der Waals surface area contributed by atoms with Crippen LogP contribution in [-0.2, 0) is 22.4 Å². The Bertz CT molecular complexity index is 966. The highest BCUT2D eigenvalue weighted by atomic mass is 16.5. The Morgan fingerprint density at radius 3 is 2.55 bits per heavy atom. The van der Waals surface area contributed by atoms with Gasteiger partial charge in [0.15, 0.2) is 6.23 Å². The van der Waals surface area contributed by atoms with Crippen LogP contribution in [0.4, 0.5) is 5.69 Å². The maximum absolute atomic E-state index is 11.5. The molecule has 150 valence electrons. The summed E-state index contributed by atoms with van der Waals surface area (Å²) in [6.07, 6.45) is 2.70. The molecule has 29 heavy (non-hydrogen) atoms. The van der Waals surface area contributed by atoms with E-state index in [1.54, 1.807) is 16.8 Å². The first-order chi connectivity index (χ1) is 14.2. The number of anilines is 1. The molecule has 2 heterocycles. The highest BCUT2D eigenvalue weighted by Crippen LogP contribution is 2.31. The third kappa shape index (κ3) is 4.14. The molecule has 3 aromatic rings. The number of hydrogen-bond acceptors (Lipinski definition) is 6. The minimum Gasteiger partial charge on any atom is -0.465 e. The monoisotopic (exact) mass is 392 g/mol. The number of carbonyl (C=O) groups excluding carboxylic acids is 1. The Kier molecular flexibility index (Phi) is 5.57. The molecule has 7 nitrogen and oxygen atoms in total. The first-order valence-corrected chi connectivity index (χ1v) is 9.72. The van der Waals surface area contributed by atoms with Gasteiger partial charge in [0.25, 0.3) is 0 Å². The first kappa shape index (κ1) is 19.1. The third-order valence-electron chi connectivity index (χ3n) is 5.10. The lowest BCUT2D eigenvalue weighted by molar-refractivity contribution is 0.0600. The minimum atomic E-state index is -0.343. The molecule has 1 aliphatic rings. The van der Waals surface area contributed by atoms with Crippen LogP contribution in [0.1, 0.15) is 40.3 Å². The highest BCUT2D eigenvalue weighted by Gasteiger charge is 2.29. The van der Waals surface area contributed by atoms with Crippen molar-refractivity contribution in [2.45, 2.75) is 26.1 Å². The summed E-state index contributed by atoms with van der Waals surface area (Å²) < 4.78 is 12.4. The lowest BCUT2D eigenvalue weighted by Gasteiger charge is -2.23. The lowest BCUT2D eigenvalue weighted by atomic mass is 10.1. The molecule has 0 saturated carbocycles. The molecule has 4 rings (SSSR count). The predicted molar refractivity (Wildman–Crippen MR) is 109 cm³/mol. The van der Waals surface area contributed by atoms with E-state index in [1.807, 2.05) is 18.3 Å². The number of hydrogen-bond donors (Lipinski definition) is 0. The number of benzene rings is 2. The maximum atomic E-state index is 11.5. The molecule has 0 N–H and O–H groups in total. The number of esters is 1. The van der Waals surface area contributed by atoms with Gasteiger partial charge in [0.05, 0.1) is 32.0 Å². The van der Waals surface area contributed by atoms with Crippen molar-refractivity contribution >= 4 is 11.7 Å². The van der Waals surface area contributed by atoms with Crippen molar-refractivity contribution in [2.24, 2.45) is 0 Å². The van der Waals surface area contributed by atoms with Crippen LogP contribution in [0, 0.1) is 0 Å². The Morgan fingerprint density at radius 2 is 1.86 bits per heavy atom. The maximum Gasteiger partial charge on any atom is 0.337 e. The predicted octanol–water partition coefficient (Wildman–Crippen LogP) is 3.21. The van der Waals surface area contributed by atoms with Crippen LogP contribution in [0.2, 0.25) is 0 Å². The molecule has 0 radical (unpaired) electrons. The van der Waals surface area contributed by atoms with Crippen molar-refractivity contribution in [3.63, 3.8) is 0 Å². The van der Waals surface area contributed by atoms with Gasteiger partial charge in [-0.25, -0.2) is 9.48 Å². The Balaban J connectivity index is 1.47. The van der Waals surface area contributed by atoms with Gasteiger partial charge in [-0.2, -0.15) is 0 Å². The minimum absolute atomic E-state index is 0.238. The molecule has 7 heteroatoms. The zero-order chi connectivity index (χ0) is 20.2. The number of methoxy groups -OCH3 is 1. The fraction of sp³-hybridized carbons (Fsp3) is 0.318. The summed E-state index contributed by atoms with van der Waals surface area (Å²) in [7, 11) is 1.37. The van der Waals surface area contributed by atoms with Crippen LogP contribution in [0.3, 0.4) is 0 Å². The van der Waals surface area contributed by atoms with Crippen molar-refractivity contribution in [1.29, 1.82) is 0 Å². The van der Waals surface area contributed by atoms with Gasteiger partial charge in [-0.15, -0.1) is 5.10 Å². The van der Waals surface area contributed by atoms with Gasteiger partial charge in [0.1, 0.15) is 5.69 Å². The van der Waals surface area contributed by atoms with Gasteiger partial charge >= 0.3 is 5.97 Å². The van der Waals surface area contributed by atoms with Crippen molar-refractivity contribution in [2.75, 3.05) is 25.2 Å². The largest absolute Gasteiger partial charge is 0.465 e. The second-order valence-electron chi connectivity index (χ2n) is 6.97. The van der Waals surface area contributed by atoms with Crippen LogP contribution in [-0.4, -0.2) is 41.2 Å². The van der Waals surface area contributed by atoms with Gasteiger partial charge in [0.2, 0.25) is 0 Å². The van der Waals surface area contributed by atoms with E-state index < -0.39 is 0 Å². The molecule has 2 aromatic carbocycles. The highest BCUT2D eigenvalue weighted by molar-refractivity contribution is 5.89. The zero-order valence-electron chi connectivity index (χ0n) is 16.6. The second kappa shape index (κ2) is 8.45. The molecule has 0 bridgehead atoms. The fourth-order valence-electron chi connectivity index (χ4n) is 3.46. The first-order valence-electron chi connectivity index (χ1n) is 9.72. The number of ether oxygens (including phenoxy) is 2. The van der Waals surface area contributed by atoms with E-state index in [0.29, 0.717) is 18.7 Å². The van der Waals surface area contributed by atoms with Crippen LogP contribution < -0.4 is 4.90 Å². The van der Waals surface area contributed by atoms with Crippen LogP contribution in [0.25, 0.3) is 0 Å². The molecule has 0 spiro atoms. The number of aryl methyl sites for hydroxylation is 1. The molecule has 0 aliphatic carbocycles. The van der Waals surface area contributed by atoms with Crippen LogP contribution in [0.5, 0.6) is 0 Å². The van der Waals surface area contributed by atoms with Crippen molar-refractivity contribution in [1.82, 2.24) is 15.0 Å². The fourth-order valence-corrected chi connectivity index (χ4v) is 3.46. The molecular formula is C22H24N4O3. The average Bonchev–Trinajstić information content (AvgIpc) is 3.43.